The topological polar surface area (TPSA) is 73.9 Å². The number of benzene rings is 2. The first kappa shape index (κ1) is 19.7. The lowest BCUT2D eigenvalue weighted by molar-refractivity contribution is -0.145. The summed E-state index contributed by atoms with van der Waals surface area (Å²) in [6.07, 6.45) is 0. The Kier molecular flexibility index (Phi) is 7.82. The fourth-order valence-electron chi connectivity index (χ4n) is 2.09. The van der Waals surface area contributed by atoms with Crippen molar-refractivity contribution in [2.45, 2.75) is 11.4 Å². The summed E-state index contributed by atoms with van der Waals surface area (Å²) in [7, 11) is 3.11. The molecule has 0 aliphatic carbocycles. The van der Waals surface area contributed by atoms with Crippen molar-refractivity contribution in [3.05, 3.63) is 54.1 Å². The zero-order valence-corrected chi connectivity index (χ0v) is 15.5. The minimum atomic E-state index is -0.430. The lowest BCUT2D eigenvalue weighted by Gasteiger charge is -2.10. The van der Waals surface area contributed by atoms with Crippen LogP contribution >= 0.6 is 11.8 Å². The van der Waals surface area contributed by atoms with E-state index in [0.717, 1.165) is 10.5 Å². The first-order valence-electron chi connectivity index (χ1n) is 7.93. The molecule has 6 nitrogen and oxygen atoms in total. The van der Waals surface area contributed by atoms with Crippen LogP contribution < -0.4 is 14.8 Å². The molecule has 1 amide bonds. The number of nitrogens with one attached hydrogen (secondary N) is 1. The monoisotopic (exact) mass is 375 g/mol. The Bertz CT molecular complexity index is 736. The van der Waals surface area contributed by atoms with Gasteiger partial charge in [-0.1, -0.05) is 24.3 Å². The third-order valence-corrected chi connectivity index (χ3v) is 4.39. The number of carbonyl (C=O) groups excluding carboxylic acids is 2. The molecule has 0 aliphatic heterocycles. The molecule has 2 rings (SSSR count). The number of carbonyl (C=O) groups is 2. The highest BCUT2D eigenvalue weighted by Crippen LogP contribution is 2.27. The molecule has 0 bridgehead atoms. The van der Waals surface area contributed by atoms with Crippen LogP contribution in [0.1, 0.15) is 5.56 Å². The lowest BCUT2D eigenvalue weighted by atomic mass is 10.2. The van der Waals surface area contributed by atoms with Crippen molar-refractivity contribution in [1.82, 2.24) is 5.32 Å². The van der Waals surface area contributed by atoms with Crippen LogP contribution in [-0.4, -0.2) is 38.5 Å². The Balaban J connectivity index is 1.71. The summed E-state index contributed by atoms with van der Waals surface area (Å²) < 4.78 is 15.4. The van der Waals surface area contributed by atoms with E-state index in [1.165, 1.54) is 11.8 Å². The minimum absolute atomic E-state index is 0.160. The van der Waals surface area contributed by atoms with Crippen LogP contribution in [0.25, 0.3) is 0 Å². The number of amides is 1. The van der Waals surface area contributed by atoms with Gasteiger partial charge in [0, 0.05) is 11.4 Å². The van der Waals surface area contributed by atoms with Crippen LogP contribution in [-0.2, 0) is 20.9 Å². The van der Waals surface area contributed by atoms with Gasteiger partial charge in [0.05, 0.1) is 20.0 Å². The van der Waals surface area contributed by atoms with Gasteiger partial charge in [-0.15, -0.1) is 11.8 Å². The summed E-state index contributed by atoms with van der Waals surface area (Å²) in [5, 5.41) is 2.70. The number of rotatable bonds is 9. The largest absolute Gasteiger partial charge is 0.493 e. The molecule has 0 aromatic heterocycles. The minimum Gasteiger partial charge on any atom is -0.493 e. The van der Waals surface area contributed by atoms with Crippen LogP contribution in [0.2, 0.25) is 0 Å². The van der Waals surface area contributed by atoms with Gasteiger partial charge in [-0.05, 0) is 29.8 Å². The standard InChI is InChI=1S/C19H21NO5S/c1-23-16-9-8-14(10-17(16)24-2)11-20-18(21)12-25-19(22)13-26-15-6-4-3-5-7-15/h3-10H,11-13H2,1-2H3,(H,20,21). The van der Waals surface area contributed by atoms with Crippen molar-refractivity contribution < 1.29 is 23.8 Å². The molecule has 0 aliphatic rings. The third-order valence-electron chi connectivity index (χ3n) is 3.40. The highest BCUT2D eigenvalue weighted by Gasteiger charge is 2.09. The van der Waals surface area contributed by atoms with Gasteiger partial charge in [0.15, 0.2) is 18.1 Å². The van der Waals surface area contributed by atoms with E-state index < -0.39 is 5.97 Å². The molecular formula is C19H21NO5S. The maximum absolute atomic E-state index is 11.8. The molecule has 0 atom stereocenters. The van der Waals surface area contributed by atoms with Crippen molar-refractivity contribution in [2.75, 3.05) is 26.6 Å². The number of ether oxygens (including phenoxy) is 3. The molecule has 0 unspecified atom stereocenters. The Hall–Kier alpha value is -2.67. The van der Waals surface area contributed by atoms with Crippen LogP contribution in [0.4, 0.5) is 0 Å². The third kappa shape index (κ3) is 6.33. The molecule has 0 saturated carbocycles. The first-order chi connectivity index (χ1) is 12.6. The molecule has 2 aromatic rings. The summed E-state index contributed by atoms with van der Waals surface area (Å²) >= 11 is 1.37. The van der Waals surface area contributed by atoms with Crippen molar-refractivity contribution >= 4 is 23.6 Å². The molecule has 0 heterocycles. The molecule has 26 heavy (non-hydrogen) atoms. The van der Waals surface area contributed by atoms with Gasteiger partial charge < -0.3 is 19.5 Å². The molecule has 7 heteroatoms. The number of esters is 1. The van der Waals surface area contributed by atoms with E-state index in [1.807, 2.05) is 36.4 Å². The lowest BCUT2D eigenvalue weighted by Crippen LogP contribution is -2.28. The molecule has 0 spiro atoms. The normalized spacial score (nSPS) is 10.1. The first-order valence-corrected chi connectivity index (χ1v) is 8.92. The summed E-state index contributed by atoms with van der Waals surface area (Å²) in [4.78, 5) is 24.5. The van der Waals surface area contributed by atoms with Crippen LogP contribution in [0.5, 0.6) is 11.5 Å². The van der Waals surface area contributed by atoms with Gasteiger partial charge >= 0.3 is 5.97 Å². The predicted molar refractivity (Wildman–Crippen MR) is 99.5 cm³/mol. The zero-order chi connectivity index (χ0) is 18.8. The Morgan fingerprint density at radius 2 is 1.73 bits per heavy atom. The highest BCUT2D eigenvalue weighted by molar-refractivity contribution is 8.00. The molecule has 0 radical (unpaired) electrons. The van der Waals surface area contributed by atoms with Crippen molar-refractivity contribution in [3.63, 3.8) is 0 Å². The fraction of sp³-hybridized carbons (Fsp3) is 0.263. The van der Waals surface area contributed by atoms with E-state index >= 15 is 0 Å². The number of hydrogen-bond donors (Lipinski definition) is 1. The van der Waals surface area contributed by atoms with Gasteiger partial charge in [0.1, 0.15) is 0 Å². The van der Waals surface area contributed by atoms with Crippen LogP contribution in [0, 0.1) is 0 Å². The molecule has 0 saturated heterocycles. The Morgan fingerprint density at radius 3 is 2.42 bits per heavy atom. The van der Waals surface area contributed by atoms with Crippen molar-refractivity contribution in [2.24, 2.45) is 0 Å². The maximum atomic E-state index is 11.8. The predicted octanol–water partition coefficient (Wildman–Crippen LogP) is 2.66. The summed E-state index contributed by atoms with van der Waals surface area (Å²) in [5.41, 5.74) is 0.849. The van der Waals surface area contributed by atoms with Gasteiger partial charge in [-0.25, -0.2) is 0 Å². The number of hydrogen-bond acceptors (Lipinski definition) is 6. The highest BCUT2D eigenvalue weighted by atomic mass is 32.2. The molecule has 2 aromatic carbocycles. The second-order valence-electron chi connectivity index (χ2n) is 5.23. The second kappa shape index (κ2) is 10.4. The average molecular weight is 375 g/mol. The van der Waals surface area contributed by atoms with Gasteiger partial charge in [0.25, 0.3) is 5.91 Å². The quantitative estimate of drug-likeness (QED) is 0.537. The van der Waals surface area contributed by atoms with Gasteiger partial charge in [-0.2, -0.15) is 0 Å². The zero-order valence-electron chi connectivity index (χ0n) is 14.7. The molecule has 138 valence electrons. The van der Waals surface area contributed by atoms with Crippen molar-refractivity contribution in [3.8, 4) is 11.5 Å². The summed E-state index contributed by atoms with van der Waals surface area (Å²) in [6.45, 7) is -0.00300. The fourth-order valence-corrected chi connectivity index (χ4v) is 2.81. The smallest absolute Gasteiger partial charge is 0.316 e. The average Bonchev–Trinajstić information content (AvgIpc) is 2.69. The SMILES string of the molecule is COc1ccc(CNC(=O)COC(=O)CSc2ccccc2)cc1OC. The summed E-state index contributed by atoms with van der Waals surface area (Å²) in [6, 6.07) is 14.9. The number of thioether (sulfide) groups is 1. The second-order valence-corrected chi connectivity index (χ2v) is 6.28. The van der Waals surface area contributed by atoms with E-state index in [4.69, 9.17) is 14.2 Å². The van der Waals surface area contributed by atoms with Crippen molar-refractivity contribution in [1.29, 1.82) is 0 Å². The maximum Gasteiger partial charge on any atom is 0.316 e. The number of methoxy groups -OCH3 is 2. The molecule has 1 N–H and O–H groups in total. The van der Waals surface area contributed by atoms with Gasteiger partial charge in [0.2, 0.25) is 0 Å². The van der Waals surface area contributed by atoms with E-state index in [0.29, 0.717) is 18.0 Å². The Morgan fingerprint density at radius 1 is 1.00 bits per heavy atom. The molecular weight excluding hydrogens is 354 g/mol. The van der Waals surface area contributed by atoms with E-state index in [-0.39, 0.29) is 18.3 Å². The van der Waals surface area contributed by atoms with E-state index in [1.54, 1.807) is 26.4 Å². The van der Waals surface area contributed by atoms with Crippen LogP contribution in [0.15, 0.2) is 53.4 Å². The summed E-state index contributed by atoms with van der Waals surface area (Å²) in [5.74, 6) is 0.571. The van der Waals surface area contributed by atoms with E-state index in [9.17, 15) is 9.59 Å². The molecule has 0 fully saturated rings. The van der Waals surface area contributed by atoms with Gasteiger partial charge in [-0.3, -0.25) is 9.59 Å². The Labute approximate surface area is 156 Å². The van der Waals surface area contributed by atoms with E-state index in [2.05, 4.69) is 5.32 Å². The van der Waals surface area contributed by atoms with Crippen LogP contribution in [0.3, 0.4) is 0 Å².